The third kappa shape index (κ3) is 3.00. The van der Waals surface area contributed by atoms with Crippen molar-refractivity contribution in [2.45, 2.75) is 13.5 Å². The van der Waals surface area contributed by atoms with Gasteiger partial charge < -0.3 is 9.47 Å². The second-order valence-electron chi connectivity index (χ2n) is 4.06. The van der Waals surface area contributed by atoms with Gasteiger partial charge in [-0.2, -0.15) is 0 Å². The molecule has 2 aromatic rings. The lowest BCUT2D eigenvalue weighted by Gasteiger charge is -2.08. The average molecular weight is 246 g/mol. The van der Waals surface area contributed by atoms with E-state index in [9.17, 15) is 4.39 Å². The Kier molecular flexibility index (Phi) is 3.82. The normalized spacial score (nSPS) is 10.2. The summed E-state index contributed by atoms with van der Waals surface area (Å²) >= 11 is 0. The highest BCUT2D eigenvalue weighted by Gasteiger charge is 2.05. The van der Waals surface area contributed by atoms with Crippen LogP contribution in [0.15, 0.2) is 42.5 Å². The predicted octanol–water partition coefficient (Wildman–Crippen LogP) is 3.72. The van der Waals surface area contributed by atoms with Gasteiger partial charge in [-0.1, -0.05) is 12.1 Å². The van der Waals surface area contributed by atoms with Gasteiger partial charge in [0, 0.05) is 11.6 Å². The van der Waals surface area contributed by atoms with E-state index < -0.39 is 0 Å². The molecular weight excluding hydrogens is 231 g/mol. The summed E-state index contributed by atoms with van der Waals surface area (Å²) in [4.78, 5) is 0. The Morgan fingerprint density at radius 1 is 1.06 bits per heavy atom. The fourth-order valence-electron chi connectivity index (χ4n) is 1.64. The molecule has 0 N–H and O–H groups in total. The Balaban J connectivity index is 2.06. The van der Waals surface area contributed by atoms with Crippen LogP contribution in [-0.2, 0) is 6.61 Å². The molecular formula is C15H15FO2. The summed E-state index contributed by atoms with van der Waals surface area (Å²) in [7, 11) is 1.51. The van der Waals surface area contributed by atoms with Gasteiger partial charge >= 0.3 is 0 Å². The van der Waals surface area contributed by atoms with Gasteiger partial charge in [-0.15, -0.1) is 0 Å². The molecule has 0 amide bonds. The van der Waals surface area contributed by atoms with Crippen molar-refractivity contribution in [2.75, 3.05) is 7.11 Å². The zero-order valence-electron chi connectivity index (χ0n) is 10.4. The van der Waals surface area contributed by atoms with Crippen LogP contribution in [0.5, 0.6) is 11.5 Å². The van der Waals surface area contributed by atoms with E-state index in [-0.39, 0.29) is 12.4 Å². The first kappa shape index (κ1) is 12.4. The number of aryl methyl sites for hydroxylation is 1. The highest BCUT2D eigenvalue weighted by atomic mass is 19.1. The molecule has 18 heavy (non-hydrogen) atoms. The van der Waals surface area contributed by atoms with Crippen molar-refractivity contribution in [1.82, 2.24) is 0 Å². The second kappa shape index (κ2) is 5.54. The molecule has 2 rings (SSSR count). The van der Waals surface area contributed by atoms with Crippen molar-refractivity contribution in [2.24, 2.45) is 0 Å². The lowest BCUT2D eigenvalue weighted by Crippen LogP contribution is -1.99. The highest BCUT2D eigenvalue weighted by molar-refractivity contribution is 5.30. The summed E-state index contributed by atoms with van der Waals surface area (Å²) in [6.45, 7) is 2.19. The van der Waals surface area contributed by atoms with Crippen LogP contribution in [-0.4, -0.2) is 7.11 Å². The van der Waals surface area contributed by atoms with Crippen LogP contribution in [0.2, 0.25) is 0 Å². The van der Waals surface area contributed by atoms with Crippen LogP contribution in [0.25, 0.3) is 0 Å². The molecule has 2 aromatic carbocycles. The van der Waals surface area contributed by atoms with E-state index in [1.807, 2.05) is 31.2 Å². The fraction of sp³-hybridized carbons (Fsp3) is 0.200. The van der Waals surface area contributed by atoms with Gasteiger partial charge in [-0.05, 0) is 36.8 Å². The van der Waals surface area contributed by atoms with Gasteiger partial charge in [0.2, 0.25) is 0 Å². The van der Waals surface area contributed by atoms with E-state index in [0.29, 0.717) is 11.3 Å². The quantitative estimate of drug-likeness (QED) is 0.818. The molecule has 0 heterocycles. The third-order valence-corrected chi connectivity index (χ3v) is 2.64. The molecule has 0 aliphatic carbocycles. The van der Waals surface area contributed by atoms with E-state index in [1.54, 1.807) is 12.1 Å². The number of halogens is 1. The minimum atomic E-state index is -0.318. The van der Waals surface area contributed by atoms with E-state index in [4.69, 9.17) is 9.47 Å². The van der Waals surface area contributed by atoms with Crippen molar-refractivity contribution in [3.05, 3.63) is 59.4 Å². The van der Waals surface area contributed by atoms with Crippen LogP contribution in [0.4, 0.5) is 4.39 Å². The summed E-state index contributed by atoms with van der Waals surface area (Å²) in [5.74, 6) is 0.930. The van der Waals surface area contributed by atoms with Gasteiger partial charge in [0.25, 0.3) is 0 Å². The zero-order valence-corrected chi connectivity index (χ0v) is 10.4. The molecule has 0 aliphatic heterocycles. The number of hydrogen-bond acceptors (Lipinski definition) is 2. The number of benzene rings is 2. The predicted molar refractivity (Wildman–Crippen MR) is 68.5 cm³/mol. The second-order valence-corrected chi connectivity index (χ2v) is 4.06. The lowest BCUT2D eigenvalue weighted by molar-refractivity contribution is 0.299. The van der Waals surface area contributed by atoms with Crippen LogP contribution in [0, 0.1) is 12.7 Å². The molecule has 0 aromatic heterocycles. The summed E-state index contributed by atoms with van der Waals surface area (Å²) in [5, 5.41) is 0. The lowest BCUT2D eigenvalue weighted by atomic mass is 10.2. The molecule has 3 heteroatoms. The first-order chi connectivity index (χ1) is 8.69. The molecule has 94 valence electrons. The summed E-state index contributed by atoms with van der Waals surface area (Å²) in [6.07, 6.45) is 0. The molecule has 0 spiro atoms. The minimum Gasteiger partial charge on any atom is -0.497 e. The number of ether oxygens (including phenoxy) is 2. The van der Waals surface area contributed by atoms with Crippen molar-refractivity contribution in [1.29, 1.82) is 0 Å². The highest BCUT2D eigenvalue weighted by Crippen LogP contribution is 2.19. The van der Waals surface area contributed by atoms with Crippen LogP contribution in [0.3, 0.4) is 0 Å². The molecule has 0 saturated heterocycles. The van der Waals surface area contributed by atoms with E-state index in [2.05, 4.69) is 0 Å². The van der Waals surface area contributed by atoms with Crippen molar-refractivity contribution >= 4 is 0 Å². The largest absolute Gasteiger partial charge is 0.497 e. The first-order valence-corrected chi connectivity index (χ1v) is 5.71. The Hall–Kier alpha value is -2.03. The van der Waals surface area contributed by atoms with Gasteiger partial charge in [0.15, 0.2) is 0 Å². The summed E-state index contributed by atoms with van der Waals surface area (Å²) in [6, 6.07) is 12.4. The Bertz CT molecular complexity index is 538. The SMILES string of the molecule is COc1ccc(COc2cccc(C)c2)c(F)c1. The third-order valence-electron chi connectivity index (χ3n) is 2.64. The molecule has 0 fully saturated rings. The minimum absolute atomic E-state index is 0.208. The van der Waals surface area contributed by atoms with Crippen LogP contribution < -0.4 is 9.47 Å². The molecule has 0 atom stereocenters. The topological polar surface area (TPSA) is 18.5 Å². The van der Waals surface area contributed by atoms with E-state index in [0.717, 1.165) is 11.3 Å². The Labute approximate surface area is 106 Å². The summed E-state index contributed by atoms with van der Waals surface area (Å²) in [5.41, 5.74) is 1.63. The maximum absolute atomic E-state index is 13.7. The fourth-order valence-corrected chi connectivity index (χ4v) is 1.64. The standard InChI is InChI=1S/C15H15FO2/c1-11-4-3-5-14(8-11)18-10-12-6-7-13(17-2)9-15(12)16/h3-9H,10H2,1-2H3. The van der Waals surface area contributed by atoms with Gasteiger partial charge in [0.1, 0.15) is 23.9 Å². The number of rotatable bonds is 4. The van der Waals surface area contributed by atoms with Gasteiger partial charge in [-0.3, -0.25) is 0 Å². The van der Waals surface area contributed by atoms with E-state index in [1.165, 1.54) is 13.2 Å². The molecule has 0 radical (unpaired) electrons. The van der Waals surface area contributed by atoms with Crippen molar-refractivity contribution in [3.8, 4) is 11.5 Å². The zero-order chi connectivity index (χ0) is 13.0. The molecule has 2 nitrogen and oxygen atoms in total. The maximum Gasteiger partial charge on any atom is 0.133 e. The van der Waals surface area contributed by atoms with Crippen LogP contribution in [0.1, 0.15) is 11.1 Å². The monoisotopic (exact) mass is 246 g/mol. The Morgan fingerprint density at radius 2 is 1.89 bits per heavy atom. The van der Waals surface area contributed by atoms with Gasteiger partial charge in [0.05, 0.1) is 7.11 Å². The van der Waals surface area contributed by atoms with Crippen LogP contribution >= 0.6 is 0 Å². The molecule has 0 saturated carbocycles. The average Bonchev–Trinajstić information content (AvgIpc) is 2.37. The van der Waals surface area contributed by atoms with Gasteiger partial charge in [-0.25, -0.2) is 4.39 Å². The molecule has 0 bridgehead atoms. The summed E-state index contributed by atoms with van der Waals surface area (Å²) < 4.78 is 24.2. The number of hydrogen-bond donors (Lipinski definition) is 0. The molecule has 0 unspecified atom stereocenters. The Morgan fingerprint density at radius 3 is 2.56 bits per heavy atom. The van der Waals surface area contributed by atoms with Crippen molar-refractivity contribution < 1.29 is 13.9 Å². The van der Waals surface area contributed by atoms with E-state index >= 15 is 0 Å². The smallest absolute Gasteiger partial charge is 0.133 e. The number of methoxy groups -OCH3 is 1. The van der Waals surface area contributed by atoms with Crippen molar-refractivity contribution in [3.63, 3.8) is 0 Å². The maximum atomic E-state index is 13.7. The molecule has 0 aliphatic rings. The first-order valence-electron chi connectivity index (χ1n) is 5.71.